The third-order valence-electron chi connectivity index (χ3n) is 3.42. The van der Waals surface area contributed by atoms with Crippen molar-refractivity contribution in [2.75, 3.05) is 19.7 Å². The van der Waals surface area contributed by atoms with E-state index in [-0.39, 0.29) is 36.8 Å². The van der Waals surface area contributed by atoms with Gasteiger partial charge in [0.25, 0.3) is 0 Å². The van der Waals surface area contributed by atoms with Gasteiger partial charge in [-0.1, -0.05) is 6.42 Å². The van der Waals surface area contributed by atoms with Crippen LogP contribution in [0.2, 0.25) is 0 Å². The van der Waals surface area contributed by atoms with Crippen molar-refractivity contribution in [3.05, 3.63) is 0 Å². The number of nitrogens with one attached hydrogen (secondary N) is 2. The highest BCUT2D eigenvalue weighted by Crippen LogP contribution is 2.31. The number of urea groups is 1. The van der Waals surface area contributed by atoms with Gasteiger partial charge >= 0.3 is 18.0 Å². The van der Waals surface area contributed by atoms with Gasteiger partial charge < -0.3 is 20.5 Å². The number of ether oxygens (including phenoxy) is 1. The van der Waals surface area contributed by atoms with Crippen LogP contribution in [0.3, 0.4) is 0 Å². The highest BCUT2D eigenvalue weighted by atomic mass is 16.5. The summed E-state index contributed by atoms with van der Waals surface area (Å²) in [6, 6.07) is -0.384. The van der Waals surface area contributed by atoms with Crippen LogP contribution in [0.1, 0.15) is 32.6 Å². The molecule has 1 rings (SSSR count). The summed E-state index contributed by atoms with van der Waals surface area (Å²) < 4.78 is 4.73. The van der Waals surface area contributed by atoms with Crippen molar-refractivity contribution in [1.82, 2.24) is 10.6 Å². The summed E-state index contributed by atoms with van der Waals surface area (Å²) in [5.74, 6) is -1.52. The summed E-state index contributed by atoms with van der Waals surface area (Å²) >= 11 is 0. The van der Waals surface area contributed by atoms with Crippen LogP contribution in [0.5, 0.6) is 0 Å². The molecule has 0 aromatic carbocycles. The predicted molar refractivity (Wildman–Crippen MR) is 71.1 cm³/mol. The molecule has 1 aliphatic carbocycles. The Bertz CT molecular complexity index is 359. The lowest BCUT2D eigenvalue weighted by atomic mass is 9.96. The van der Waals surface area contributed by atoms with Gasteiger partial charge in [-0.05, 0) is 25.7 Å². The normalized spacial score (nSPS) is 21.2. The molecule has 7 nitrogen and oxygen atoms in total. The Hall–Kier alpha value is -1.79. The van der Waals surface area contributed by atoms with E-state index < -0.39 is 5.97 Å². The molecule has 2 unspecified atom stereocenters. The Labute approximate surface area is 118 Å². The third-order valence-corrected chi connectivity index (χ3v) is 3.42. The Morgan fingerprint density at radius 3 is 2.65 bits per heavy atom. The number of rotatable bonds is 7. The van der Waals surface area contributed by atoms with Crippen molar-refractivity contribution < 1.29 is 24.2 Å². The lowest BCUT2D eigenvalue weighted by molar-refractivity contribution is -0.143. The summed E-state index contributed by atoms with van der Waals surface area (Å²) in [6.07, 6.45) is 2.50. The molecule has 2 amide bonds. The van der Waals surface area contributed by atoms with Crippen molar-refractivity contribution in [3.63, 3.8) is 0 Å². The van der Waals surface area contributed by atoms with E-state index in [2.05, 4.69) is 10.6 Å². The number of aliphatic carboxylic acids is 1. The molecule has 0 aromatic rings. The van der Waals surface area contributed by atoms with Crippen LogP contribution in [0, 0.1) is 11.8 Å². The van der Waals surface area contributed by atoms with E-state index >= 15 is 0 Å². The largest absolute Gasteiger partial charge is 0.481 e. The van der Waals surface area contributed by atoms with E-state index in [9.17, 15) is 14.4 Å². The summed E-state index contributed by atoms with van der Waals surface area (Å²) in [7, 11) is 0. The first-order chi connectivity index (χ1) is 9.54. The monoisotopic (exact) mass is 286 g/mol. The predicted octanol–water partition coefficient (Wildman–Crippen LogP) is 0.740. The topological polar surface area (TPSA) is 105 Å². The fraction of sp³-hybridized carbons (Fsp3) is 0.769. The fourth-order valence-corrected chi connectivity index (χ4v) is 2.40. The second-order valence-corrected chi connectivity index (χ2v) is 4.83. The molecule has 3 N–H and O–H groups in total. The summed E-state index contributed by atoms with van der Waals surface area (Å²) in [5, 5.41) is 14.2. The molecule has 1 aliphatic rings. The number of carbonyl (C=O) groups excluding carboxylic acids is 2. The SMILES string of the molecule is CCOC(=O)CCNC(=O)NCC1CCCC1C(=O)O. The molecule has 0 saturated heterocycles. The van der Waals surface area contributed by atoms with Crippen molar-refractivity contribution in [1.29, 1.82) is 0 Å². The van der Waals surface area contributed by atoms with E-state index in [4.69, 9.17) is 9.84 Å². The van der Waals surface area contributed by atoms with Crippen LogP contribution in [0.4, 0.5) is 4.79 Å². The Kier molecular flexibility index (Phi) is 6.83. The van der Waals surface area contributed by atoms with Crippen LogP contribution in [-0.4, -0.2) is 42.8 Å². The first-order valence-corrected chi connectivity index (χ1v) is 6.94. The number of carbonyl (C=O) groups is 3. The van der Waals surface area contributed by atoms with Gasteiger partial charge in [-0.25, -0.2) is 4.79 Å². The Morgan fingerprint density at radius 1 is 1.25 bits per heavy atom. The number of amides is 2. The van der Waals surface area contributed by atoms with Gasteiger partial charge in [0.2, 0.25) is 0 Å². The van der Waals surface area contributed by atoms with Gasteiger partial charge in [0.1, 0.15) is 0 Å². The average Bonchev–Trinajstić information content (AvgIpc) is 2.85. The highest BCUT2D eigenvalue weighted by molar-refractivity contribution is 5.75. The number of hydrogen-bond donors (Lipinski definition) is 3. The maximum absolute atomic E-state index is 11.5. The van der Waals surface area contributed by atoms with E-state index in [1.807, 2.05) is 0 Å². The highest BCUT2D eigenvalue weighted by Gasteiger charge is 2.32. The zero-order chi connectivity index (χ0) is 15.0. The lowest BCUT2D eigenvalue weighted by Gasteiger charge is -2.16. The zero-order valence-corrected chi connectivity index (χ0v) is 11.7. The molecule has 2 atom stereocenters. The quantitative estimate of drug-likeness (QED) is 0.599. The third kappa shape index (κ3) is 5.46. The van der Waals surface area contributed by atoms with Gasteiger partial charge in [0.05, 0.1) is 18.9 Å². The minimum atomic E-state index is -0.794. The zero-order valence-electron chi connectivity index (χ0n) is 11.7. The van der Waals surface area contributed by atoms with Gasteiger partial charge in [-0.2, -0.15) is 0 Å². The lowest BCUT2D eigenvalue weighted by Crippen LogP contribution is -2.40. The number of esters is 1. The number of carboxylic acids is 1. The first-order valence-electron chi connectivity index (χ1n) is 6.94. The molecule has 0 heterocycles. The standard InChI is InChI=1S/C13H22N2O5/c1-2-20-11(16)6-7-14-13(19)15-8-9-4-3-5-10(9)12(17)18/h9-10H,2-8H2,1H3,(H,17,18)(H2,14,15,19). The van der Waals surface area contributed by atoms with E-state index in [0.717, 1.165) is 12.8 Å². The van der Waals surface area contributed by atoms with E-state index in [0.29, 0.717) is 19.6 Å². The second-order valence-electron chi connectivity index (χ2n) is 4.83. The van der Waals surface area contributed by atoms with Gasteiger partial charge in [0.15, 0.2) is 0 Å². The molecular weight excluding hydrogens is 264 g/mol. The number of hydrogen-bond acceptors (Lipinski definition) is 4. The van der Waals surface area contributed by atoms with Crippen LogP contribution in [0.25, 0.3) is 0 Å². The summed E-state index contributed by atoms with van der Waals surface area (Å²) in [4.78, 5) is 33.5. The molecule has 0 bridgehead atoms. The number of carboxylic acid groups (broad SMARTS) is 1. The summed E-state index contributed by atoms with van der Waals surface area (Å²) in [5.41, 5.74) is 0. The second kappa shape index (κ2) is 8.39. The first kappa shape index (κ1) is 16.3. The molecule has 20 heavy (non-hydrogen) atoms. The van der Waals surface area contributed by atoms with Crippen LogP contribution in [0.15, 0.2) is 0 Å². The summed E-state index contributed by atoms with van der Waals surface area (Å²) in [6.45, 7) is 2.60. The van der Waals surface area contributed by atoms with Crippen LogP contribution >= 0.6 is 0 Å². The van der Waals surface area contributed by atoms with Crippen LogP contribution in [-0.2, 0) is 14.3 Å². The van der Waals surface area contributed by atoms with Gasteiger partial charge in [-0.3, -0.25) is 9.59 Å². The maximum atomic E-state index is 11.5. The fourth-order valence-electron chi connectivity index (χ4n) is 2.40. The minimum absolute atomic E-state index is 0.0108. The van der Waals surface area contributed by atoms with Gasteiger partial charge in [-0.15, -0.1) is 0 Å². The Balaban J connectivity index is 2.16. The van der Waals surface area contributed by atoms with Gasteiger partial charge in [0, 0.05) is 13.1 Å². The van der Waals surface area contributed by atoms with Crippen molar-refractivity contribution >= 4 is 18.0 Å². The maximum Gasteiger partial charge on any atom is 0.314 e. The van der Waals surface area contributed by atoms with Crippen molar-refractivity contribution in [3.8, 4) is 0 Å². The average molecular weight is 286 g/mol. The van der Waals surface area contributed by atoms with Crippen LogP contribution < -0.4 is 10.6 Å². The molecule has 7 heteroatoms. The van der Waals surface area contributed by atoms with Crippen molar-refractivity contribution in [2.24, 2.45) is 11.8 Å². The molecule has 0 spiro atoms. The smallest absolute Gasteiger partial charge is 0.314 e. The van der Waals surface area contributed by atoms with Crippen molar-refractivity contribution in [2.45, 2.75) is 32.6 Å². The molecule has 0 aromatic heterocycles. The minimum Gasteiger partial charge on any atom is -0.481 e. The Morgan fingerprint density at radius 2 is 2.00 bits per heavy atom. The van der Waals surface area contributed by atoms with E-state index in [1.54, 1.807) is 6.92 Å². The molecular formula is C13H22N2O5. The molecule has 114 valence electrons. The molecule has 1 fully saturated rings. The molecule has 1 saturated carbocycles. The molecule has 0 aliphatic heterocycles. The van der Waals surface area contributed by atoms with E-state index in [1.165, 1.54) is 0 Å². The molecule has 0 radical (unpaired) electrons.